The lowest BCUT2D eigenvalue weighted by Gasteiger charge is -2.21. The van der Waals surface area contributed by atoms with E-state index in [1.54, 1.807) is 18.6 Å². The number of aliphatic hydroxyl groups excluding tert-OH is 1. The van der Waals surface area contributed by atoms with Crippen molar-refractivity contribution in [2.75, 3.05) is 13.2 Å². The summed E-state index contributed by atoms with van der Waals surface area (Å²) in [6.07, 6.45) is 4.94. The number of amides is 1. The largest absolute Gasteiger partial charge is 0.396 e. The molecule has 6 heteroatoms. The van der Waals surface area contributed by atoms with Crippen LogP contribution in [0.1, 0.15) is 37.0 Å². The van der Waals surface area contributed by atoms with Crippen LogP contribution in [-0.4, -0.2) is 38.7 Å². The predicted octanol–water partition coefficient (Wildman–Crippen LogP) is 1.50. The maximum absolute atomic E-state index is 12.1. The molecule has 0 bridgehead atoms. The molecule has 2 heterocycles. The molecule has 0 saturated heterocycles. The minimum Gasteiger partial charge on any atom is -0.396 e. The molecule has 0 atom stereocenters. The number of aryl methyl sites for hydroxylation is 1. The predicted molar refractivity (Wildman–Crippen MR) is 80.9 cm³/mol. The number of nitrogens with one attached hydrogen (secondary N) is 1. The van der Waals surface area contributed by atoms with Crippen LogP contribution in [0.5, 0.6) is 0 Å². The fraction of sp³-hybridized carbons (Fsp3) is 0.533. The first kappa shape index (κ1) is 15.4. The summed E-state index contributed by atoms with van der Waals surface area (Å²) in [5, 5.41) is 12.1. The highest BCUT2D eigenvalue weighted by Crippen LogP contribution is 2.20. The summed E-state index contributed by atoms with van der Waals surface area (Å²) in [6.45, 7) is 4.76. The van der Waals surface area contributed by atoms with E-state index in [2.05, 4.69) is 15.3 Å². The van der Waals surface area contributed by atoms with Crippen LogP contribution in [0.4, 0.5) is 0 Å². The molecular weight excluding hydrogens is 268 g/mol. The van der Waals surface area contributed by atoms with Crippen molar-refractivity contribution in [1.29, 1.82) is 0 Å². The lowest BCUT2D eigenvalue weighted by molar-refractivity contribution is 0.0948. The molecule has 0 aliphatic heterocycles. The summed E-state index contributed by atoms with van der Waals surface area (Å²) in [6, 6.07) is 1.75. The maximum Gasteiger partial charge on any atom is 0.252 e. The van der Waals surface area contributed by atoms with Crippen molar-refractivity contribution in [2.24, 2.45) is 12.5 Å². The van der Waals surface area contributed by atoms with Gasteiger partial charge in [-0.25, -0.2) is 9.97 Å². The van der Waals surface area contributed by atoms with Crippen LogP contribution in [0.3, 0.4) is 0 Å². The molecule has 0 unspecified atom stereocenters. The second-order valence-electron chi connectivity index (χ2n) is 6.10. The second-order valence-corrected chi connectivity index (χ2v) is 6.10. The summed E-state index contributed by atoms with van der Waals surface area (Å²) >= 11 is 0. The Kier molecular flexibility index (Phi) is 4.57. The van der Waals surface area contributed by atoms with E-state index in [1.807, 2.05) is 25.5 Å². The van der Waals surface area contributed by atoms with Gasteiger partial charge in [-0.3, -0.25) is 4.79 Å². The number of carbonyl (C=O) groups is 1. The number of aromatic nitrogens is 3. The quantitative estimate of drug-likeness (QED) is 0.790. The third kappa shape index (κ3) is 3.78. The Bertz CT molecular complexity index is 634. The third-order valence-corrected chi connectivity index (χ3v) is 3.56. The van der Waals surface area contributed by atoms with Crippen molar-refractivity contribution < 1.29 is 9.90 Å². The summed E-state index contributed by atoms with van der Waals surface area (Å²) in [5.74, 6) is -0.142. The van der Waals surface area contributed by atoms with Crippen LogP contribution in [-0.2, 0) is 7.05 Å². The summed E-state index contributed by atoms with van der Waals surface area (Å²) < 4.78 is 1.81. The van der Waals surface area contributed by atoms with E-state index in [0.29, 0.717) is 17.6 Å². The Hall–Kier alpha value is -1.95. The molecule has 0 aliphatic rings. The van der Waals surface area contributed by atoms with E-state index in [9.17, 15) is 9.90 Å². The smallest absolute Gasteiger partial charge is 0.252 e. The van der Waals surface area contributed by atoms with Crippen LogP contribution in [0.25, 0.3) is 11.2 Å². The molecule has 2 aromatic rings. The molecule has 0 fully saturated rings. The fourth-order valence-electron chi connectivity index (χ4n) is 2.09. The van der Waals surface area contributed by atoms with Gasteiger partial charge in [-0.2, -0.15) is 0 Å². The van der Waals surface area contributed by atoms with Crippen molar-refractivity contribution >= 4 is 17.1 Å². The van der Waals surface area contributed by atoms with Crippen LogP contribution < -0.4 is 5.32 Å². The molecule has 2 N–H and O–H groups in total. The molecule has 2 rings (SSSR count). The molecule has 0 saturated carbocycles. The Balaban J connectivity index is 1.90. The van der Waals surface area contributed by atoms with Gasteiger partial charge in [0.05, 0.1) is 11.9 Å². The van der Waals surface area contributed by atoms with E-state index in [-0.39, 0.29) is 17.9 Å². The average Bonchev–Trinajstić information content (AvgIpc) is 2.84. The molecule has 0 radical (unpaired) electrons. The Labute approximate surface area is 124 Å². The number of pyridine rings is 1. The van der Waals surface area contributed by atoms with Crippen LogP contribution in [0.2, 0.25) is 0 Å². The highest BCUT2D eigenvalue weighted by Gasteiger charge is 2.16. The van der Waals surface area contributed by atoms with Gasteiger partial charge in [-0.05, 0) is 24.3 Å². The Morgan fingerprint density at radius 1 is 1.43 bits per heavy atom. The van der Waals surface area contributed by atoms with Gasteiger partial charge in [-0.15, -0.1) is 0 Å². The van der Waals surface area contributed by atoms with Gasteiger partial charge in [0.1, 0.15) is 5.52 Å². The maximum atomic E-state index is 12.1. The number of imidazole rings is 1. The van der Waals surface area contributed by atoms with Gasteiger partial charge in [-0.1, -0.05) is 13.8 Å². The zero-order valence-corrected chi connectivity index (χ0v) is 12.8. The molecule has 2 aromatic heterocycles. The van der Waals surface area contributed by atoms with E-state index in [0.717, 1.165) is 18.5 Å². The average molecular weight is 290 g/mol. The van der Waals surface area contributed by atoms with Crippen LogP contribution in [0, 0.1) is 5.41 Å². The van der Waals surface area contributed by atoms with Crippen LogP contribution in [0.15, 0.2) is 18.6 Å². The summed E-state index contributed by atoms with van der Waals surface area (Å²) in [4.78, 5) is 20.5. The van der Waals surface area contributed by atoms with Gasteiger partial charge >= 0.3 is 0 Å². The number of hydrogen-bond acceptors (Lipinski definition) is 4. The van der Waals surface area contributed by atoms with Gasteiger partial charge in [0.25, 0.3) is 5.91 Å². The summed E-state index contributed by atoms with van der Waals surface area (Å²) in [7, 11) is 1.87. The van der Waals surface area contributed by atoms with Crippen molar-refractivity contribution in [1.82, 2.24) is 19.9 Å². The molecule has 0 aliphatic carbocycles. The van der Waals surface area contributed by atoms with Gasteiger partial charge in [0.15, 0.2) is 5.65 Å². The lowest BCUT2D eigenvalue weighted by atomic mass is 9.89. The third-order valence-electron chi connectivity index (χ3n) is 3.56. The first-order valence-electron chi connectivity index (χ1n) is 7.09. The zero-order valence-electron chi connectivity index (χ0n) is 12.8. The monoisotopic (exact) mass is 290 g/mol. The van der Waals surface area contributed by atoms with Crippen molar-refractivity contribution in [3.05, 3.63) is 24.2 Å². The van der Waals surface area contributed by atoms with E-state index in [1.165, 1.54) is 0 Å². The lowest BCUT2D eigenvalue weighted by Crippen LogP contribution is -2.26. The van der Waals surface area contributed by atoms with E-state index in [4.69, 9.17) is 0 Å². The summed E-state index contributed by atoms with van der Waals surface area (Å²) in [5.41, 5.74) is 1.89. The Morgan fingerprint density at radius 2 is 2.19 bits per heavy atom. The highest BCUT2D eigenvalue weighted by atomic mass is 16.3. The normalized spacial score (nSPS) is 11.8. The molecule has 21 heavy (non-hydrogen) atoms. The number of carbonyl (C=O) groups excluding carboxylic acids is 1. The molecule has 0 aromatic carbocycles. The van der Waals surface area contributed by atoms with Gasteiger partial charge in [0.2, 0.25) is 0 Å². The number of rotatable bonds is 6. The number of fused-ring (bicyclic) bond motifs is 1. The topological polar surface area (TPSA) is 80.0 Å². The standard InChI is InChI=1S/C15H22N4O2/c1-15(2,9-20)5-4-6-16-14(21)11-7-12-13(17-8-11)19(3)10-18-12/h7-8,10,20H,4-6,9H2,1-3H3,(H,16,21). The highest BCUT2D eigenvalue weighted by molar-refractivity contribution is 5.96. The molecule has 114 valence electrons. The zero-order chi connectivity index (χ0) is 15.5. The van der Waals surface area contributed by atoms with E-state index < -0.39 is 0 Å². The fourth-order valence-corrected chi connectivity index (χ4v) is 2.09. The number of hydrogen-bond donors (Lipinski definition) is 2. The molecule has 0 spiro atoms. The number of nitrogens with zero attached hydrogens (tertiary/aromatic N) is 3. The SMILES string of the molecule is Cn1cnc2cc(C(=O)NCCCC(C)(C)CO)cnc21. The van der Waals surface area contributed by atoms with Gasteiger partial charge in [0, 0.05) is 26.4 Å². The Morgan fingerprint density at radius 3 is 2.90 bits per heavy atom. The molecular formula is C15H22N4O2. The number of aliphatic hydroxyl groups is 1. The van der Waals surface area contributed by atoms with Crippen molar-refractivity contribution in [2.45, 2.75) is 26.7 Å². The van der Waals surface area contributed by atoms with Gasteiger partial charge < -0.3 is 15.0 Å². The first-order chi connectivity index (χ1) is 9.93. The minimum absolute atomic E-state index is 0.0981. The van der Waals surface area contributed by atoms with Crippen molar-refractivity contribution in [3.8, 4) is 0 Å². The van der Waals surface area contributed by atoms with Crippen molar-refractivity contribution in [3.63, 3.8) is 0 Å². The second kappa shape index (κ2) is 6.22. The first-order valence-corrected chi connectivity index (χ1v) is 7.09. The molecule has 1 amide bonds. The van der Waals surface area contributed by atoms with Crippen LogP contribution >= 0.6 is 0 Å². The van der Waals surface area contributed by atoms with E-state index >= 15 is 0 Å². The molecule has 6 nitrogen and oxygen atoms in total. The minimum atomic E-state index is -0.142.